The number of anilines is 2. The van der Waals surface area contributed by atoms with Gasteiger partial charge in [-0.2, -0.15) is 4.98 Å². The minimum absolute atomic E-state index is 0.109. The molecule has 0 radical (unpaired) electrons. The Morgan fingerprint density at radius 1 is 1.19 bits per heavy atom. The quantitative estimate of drug-likeness (QED) is 0.717. The summed E-state index contributed by atoms with van der Waals surface area (Å²) in [4.78, 5) is 23.1. The standard InChI is InChI=1S/C19H24FN5O2/c1-14-12-17(25-8-10-27-11-9-25)24-19(23-14)22-7-6-21-18(26)13-15-2-4-16(20)5-3-15/h2-5,12H,6-11,13H2,1H3,(H,21,26)(H,22,23,24). The molecule has 27 heavy (non-hydrogen) atoms. The second-order valence-corrected chi connectivity index (χ2v) is 6.37. The van der Waals surface area contributed by atoms with Crippen molar-refractivity contribution in [2.45, 2.75) is 13.3 Å². The van der Waals surface area contributed by atoms with Crippen LogP contribution in [0.25, 0.3) is 0 Å². The molecular weight excluding hydrogens is 349 g/mol. The van der Waals surface area contributed by atoms with Crippen LogP contribution in [0.1, 0.15) is 11.3 Å². The van der Waals surface area contributed by atoms with Crippen molar-refractivity contribution in [3.05, 3.63) is 47.4 Å². The maximum atomic E-state index is 12.9. The number of carbonyl (C=O) groups is 1. The number of aryl methyl sites for hydroxylation is 1. The summed E-state index contributed by atoms with van der Waals surface area (Å²) in [6.45, 7) is 5.93. The molecule has 1 amide bonds. The van der Waals surface area contributed by atoms with Crippen LogP contribution in [-0.4, -0.2) is 55.3 Å². The predicted octanol–water partition coefficient (Wildman–Crippen LogP) is 1.53. The number of carbonyl (C=O) groups excluding carboxylic acids is 1. The molecule has 0 unspecified atom stereocenters. The third kappa shape index (κ3) is 5.89. The van der Waals surface area contributed by atoms with Crippen LogP contribution in [0, 0.1) is 12.7 Å². The van der Waals surface area contributed by atoms with E-state index >= 15 is 0 Å². The smallest absolute Gasteiger partial charge is 0.224 e. The van der Waals surface area contributed by atoms with Gasteiger partial charge in [0, 0.05) is 37.9 Å². The van der Waals surface area contributed by atoms with Crippen LogP contribution in [0.3, 0.4) is 0 Å². The topological polar surface area (TPSA) is 79.4 Å². The van der Waals surface area contributed by atoms with E-state index in [-0.39, 0.29) is 18.1 Å². The van der Waals surface area contributed by atoms with Crippen molar-refractivity contribution in [3.63, 3.8) is 0 Å². The zero-order valence-corrected chi connectivity index (χ0v) is 15.4. The van der Waals surface area contributed by atoms with Crippen molar-refractivity contribution in [1.82, 2.24) is 15.3 Å². The summed E-state index contributed by atoms with van der Waals surface area (Å²) in [7, 11) is 0. The molecule has 0 saturated carbocycles. The van der Waals surface area contributed by atoms with Crippen LogP contribution in [0.15, 0.2) is 30.3 Å². The van der Waals surface area contributed by atoms with Crippen LogP contribution in [0.2, 0.25) is 0 Å². The number of nitrogens with zero attached hydrogens (tertiary/aromatic N) is 3. The molecule has 144 valence electrons. The maximum Gasteiger partial charge on any atom is 0.224 e. The Hall–Kier alpha value is -2.74. The SMILES string of the molecule is Cc1cc(N2CCOCC2)nc(NCCNC(=O)Cc2ccc(F)cc2)n1. The second-order valence-electron chi connectivity index (χ2n) is 6.37. The number of hydrogen-bond acceptors (Lipinski definition) is 6. The number of morpholine rings is 1. The Kier molecular flexibility index (Phi) is 6.54. The summed E-state index contributed by atoms with van der Waals surface area (Å²) in [5.74, 6) is 1.01. The van der Waals surface area contributed by atoms with Crippen LogP contribution in [0.5, 0.6) is 0 Å². The van der Waals surface area contributed by atoms with E-state index in [1.54, 1.807) is 12.1 Å². The molecule has 1 fully saturated rings. The lowest BCUT2D eigenvalue weighted by atomic mass is 10.1. The summed E-state index contributed by atoms with van der Waals surface area (Å²) in [6, 6.07) is 7.89. The number of halogens is 1. The molecule has 1 saturated heterocycles. The van der Waals surface area contributed by atoms with Gasteiger partial charge in [0.15, 0.2) is 0 Å². The van der Waals surface area contributed by atoms with Crippen molar-refractivity contribution in [3.8, 4) is 0 Å². The third-order valence-corrected chi connectivity index (χ3v) is 4.18. The van der Waals surface area contributed by atoms with Gasteiger partial charge in [0.25, 0.3) is 0 Å². The van der Waals surface area contributed by atoms with Crippen LogP contribution in [-0.2, 0) is 16.0 Å². The normalized spacial score (nSPS) is 14.1. The Balaban J connectivity index is 1.45. The fraction of sp³-hybridized carbons (Fsp3) is 0.421. The van der Waals surface area contributed by atoms with Gasteiger partial charge in [-0.05, 0) is 24.6 Å². The highest BCUT2D eigenvalue weighted by Crippen LogP contribution is 2.16. The van der Waals surface area contributed by atoms with Gasteiger partial charge in [-0.1, -0.05) is 12.1 Å². The summed E-state index contributed by atoms with van der Waals surface area (Å²) < 4.78 is 18.3. The minimum Gasteiger partial charge on any atom is -0.378 e. The Morgan fingerprint density at radius 2 is 1.93 bits per heavy atom. The lowest BCUT2D eigenvalue weighted by molar-refractivity contribution is -0.120. The lowest BCUT2D eigenvalue weighted by Crippen LogP contribution is -2.37. The van der Waals surface area contributed by atoms with Crippen LogP contribution >= 0.6 is 0 Å². The van der Waals surface area contributed by atoms with E-state index in [1.807, 2.05) is 13.0 Å². The third-order valence-electron chi connectivity index (χ3n) is 4.18. The number of aromatic nitrogens is 2. The van der Waals surface area contributed by atoms with Gasteiger partial charge >= 0.3 is 0 Å². The molecule has 1 aromatic carbocycles. The lowest BCUT2D eigenvalue weighted by Gasteiger charge is -2.28. The average Bonchev–Trinajstić information content (AvgIpc) is 2.67. The Bertz CT molecular complexity index is 763. The van der Waals surface area contributed by atoms with Gasteiger partial charge in [-0.15, -0.1) is 0 Å². The Labute approximate surface area is 158 Å². The van der Waals surface area contributed by atoms with E-state index in [0.717, 1.165) is 30.2 Å². The molecule has 0 aliphatic carbocycles. The molecule has 1 aromatic heterocycles. The number of hydrogen-bond donors (Lipinski definition) is 2. The molecule has 1 aliphatic heterocycles. The number of benzene rings is 1. The van der Waals surface area contributed by atoms with E-state index < -0.39 is 0 Å². The van der Waals surface area contributed by atoms with Gasteiger partial charge in [-0.3, -0.25) is 4.79 Å². The highest BCUT2D eigenvalue weighted by atomic mass is 19.1. The van der Waals surface area contributed by atoms with E-state index in [9.17, 15) is 9.18 Å². The first-order valence-corrected chi connectivity index (χ1v) is 9.03. The molecule has 0 bridgehead atoms. The summed E-state index contributed by atoms with van der Waals surface area (Å²) in [5, 5.41) is 5.98. The molecule has 8 heteroatoms. The van der Waals surface area contributed by atoms with Crippen molar-refractivity contribution in [1.29, 1.82) is 0 Å². The van der Waals surface area contributed by atoms with E-state index in [1.165, 1.54) is 12.1 Å². The Morgan fingerprint density at radius 3 is 2.67 bits per heavy atom. The van der Waals surface area contributed by atoms with Crippen LogP contribution in [0.4, 0.5) is 16.2 Å². The fourth-order valence-electron chi connectivity index (χ4n) is 2.81. The van der Waals surface area contributed by atoms with Crippen LogP contribution < -0.4 is 15.5 Å². The summed E-state index contributed by atoms with van der Waals surface area (Å²) >= 11 is 0. The van der Waals surface area contributed by atoms with Crippen molar-refractivity contribution in [2.75, 3.05) is 49.6 Å². The van der Waals surface area contributed by atoms with Crippen molar-refractivity contribution >= 4 is 17.7 Å². The monoisotopic (exact) mass is 373 g/mol. The minimum atomic E-state index is -0.307. The zero-order chi connectivity index (χ0) is 19.1. The van der Waals surface area contributed by atoms with E-state index in [0.29, 0.717) is 32.3 Å². The number of rotatable bonds is 7. The first-order valence-electron chi connectivity index (χ1n) is 9.03. The van der Waals surface area contributed by atoms with Gasteiger partial charge < -0.3 is 20.3 Å². The molecule has 3 rings (SSSR count). The van der Waals surface area contributed by atoms with Gasteiger partial charge in [0.05, 0.1) is 19.6 Å². The predicted molar refractivity (Wildman–Crippen MR) is 101 cm³/mol. The molecule has 2 heterocycles. The summed E-state index contributed by atoms with van der Waals surface area (Å²) in [5.41, 5.74) is 1.66. The van der Waals surface area contributed by atoms with Gasteiger partial charge in [-0.25, -0.2) is 9.37 Å². The summed E-state index contributed by atoms with van der Waals surface area (Å²) in [6.07, 6.45) is 0.225. The van der Waals surface area contributed by atoms with E-state index in [2.05, 4.69) is 25.5 Å². The first-order chi connectivity index (χ1) is 13.1. The first kappa shape index (κ1) is 19.0. The number of amides is 1. The van der Waals surface area contributed by atoms with Crippen molar-refractivity contribution in [2.24, 2.45) is 0 Å². The molecule has 0 atom stereocenters. The second kappa shape index (κ2) is 9.27. The molecule has 1 aliphatic rings. The van der Waals surface area contributed by atoms with Crippen molar-refractivity contribution < 1.29 is 13.9 Å². The molecule has 0 spiro atoms. The fourth-order valence-corrected chi connectivity index (χ4v) is 2.81. The average molecular weight is 373 g/mol. The van der Waals surface area contributed by atoms with Gasteiger partial charge in [0.2, 0.25) is 11.9 Å². The molecule has 2 aromatic rings. The maximum absolute atomic E-state index is 12.9. The molecule has 7 nitrogen and oxygen atoms in total. The molecule has 2 N–H and O–H groups in total. The number of ether oxygens (including phenoxy) is 1. The highest BCUT2D eigenvalue weighted by molar-refractivity contribution is 5.78. The highest BCUT2D eigenvalue weighted by Gasteiger charge is 2.14. The van der Waals surface area contributed by atoms with Gasteiger partial charge in [0.1, 0.15) is 11.6 Å². The number of nitrogens with one attached hydrogen (secondary N) is 2. The molecular formula is C19H24FN5O2. The largest absolute Gasteiger partial charge is 0.378 e. The zero-order valence-electron chi connectivity index (χ0n) is 15.4. The van der Waals surface area contributed by atoms with E-state index in [4.69, 9.17) is 4.74 Å².